The number of hydrogen-bond acceptors (Lipinski definition) is 2. The Morgan fingerprint density at radius 3 is 2.38 bits per heavy atom. The largest absolute Gasteiger partial charge is 0.471 e. The van der Waals surface area contributed by atoms with Crippen molar-refractivity contribution in [2.24, 2.45) is 0 Å². The third-order valence-electron chi connectivity index (χ3n) is 3.91. The third-order valence-corrected chi connectivity index (χ3v) is 3.91. The number of nitrogens with zero attached hydrogens (tertiary/aromatic N) is 2. The molecule has 1 aromatic rings. The summed E-state index contributed by atoms with van der Waals surface area (Å²) < 4.78 is 37.8. The predicted octanol–water partition coefficient (Wildman–Crippen LogP) is 2.20. The van der Waals surface area contributed by atoms with E-state index in [9.17, 15) is 18.0 Å². The van der Waals surface area contributed by atoms with E-state index in [0.29, 0.717) is 19.6 Å². The van der Waals surface area contributed by atoms with Crippen LogP contribution in [0.4, 0.5) is 13.2 Å². The molecule has 1 spiro atoms. The molecular weight excluding hydrogens is 281 g/mol. The van der Waals surface area contributed by atoms with E-state index in [1.54, 1.807) is 12.2 Å². The molecule has 0 aromatic heterocycles. The van der Waals surface area contributed by atoms with Crippen molar-refractivity contribution in [3.05, 3.63) is 48.0 Å². The topological polar surface area (TPSA) is 23.6 Å². The van der Waals surface area contributed by atoms with Gasteiger partial charge in [0.05, 0.1) is 5.54 Å². The first-order valence-electron chi connectivity index (χ1n) is 6.76. The van der Waals surface area contributed by atoms with E-state index < -0.39 is 17.6 Å². The van der Waals surface area contributed by atoms with Crippen molar-refractivity contribution in [1.29, 1.82) is 0 Å². The Morgan fingerprint density at radius 2 is 1.81 bits per heavy atom. The minimum absolute atomic E-state index is 0.0954. The number of amides is 1. The summed E-state index contributed by atoms with van der Waals surface area (Å²) in [6, 6.07) is 9.77. The predicted molar refractivity (Wildman–Crippen MR) is 71.4 cm³/mol. The zero-order valence-electron chi connectivity index (χ0n) is 11.3. The average molecular weight is 296 g/mol. The van der Waals surface area contributed by atoms with E-state index in [1.807, 2.05) is 30.3 Å². The Hall–Kier alpha value is -1.82. The van der Waals surface area contributed by atoms with Gasteiger partial charge in [0.15, 0.2) is 0 Å². The van der Waals surface area contributed by atoms with E-state index in [1.165, 1.54) is 0 Å². The number of carbonyl (C=O) groups is 1. The van der Waals surface area contributed by atoms with E-state index in [2.05, 4.69) is 4.90 Å². The highest BCUT2D eigenvalue weighted by atomic mass is 19.4. The van der Waals surface area contributed by atoms with Gasteiger partial charge >= 0.3 is 12.1 Å². The Kier molecular flexibility index (Phi) is 3.28. The van der Waals surface area contributed by atoms with Gasteiger partial charge in [-0.25, -0.2) is 0 Å². The number of benzene rings is 1. The van der Waals surface area contributed by atoms with E-state index in [0.717, 1.165) is 10.5 Å². The molecule has 21 heavy (non-hydrogen) atoms. The second-order valence-corrected chi connectivity index (χ2v) is 5.48. The van der Waals surface area contributed by atoms with Crippen molar-refractivity contribution < 1.29 is 18.0 Å². The minimum Gasteiger partial charge on any atom is -0.320 e. The van der Waals surface area contributed by atoms with E-state index >= 15 is 0 Å². The normalized spacial score (nSPS) is 20.8. The van der Waals surface area contributed by atoms with Gasteiger partial charge in [-0.15, -0.1) is 0 Å². The highest BCUT2D eigenvalue weighted by Gasteiger charge is 2.54. The van der Waals surface area contributed by atoms with Crippen molar-refractivity contribution in [1.82, 2.24) is 9.80 Å². The van der Waals surface area contributed by atoms with Crippen LogP contribution in [0.5, 0.6) is 0 Å². The lowest BCUT2D eigenvalue weighted by molar-refractivity contribution is -0.190. The molecule has 0 radical (unpaired) electrons. The van der Waals surface area contributed by atoms with Gasteiger partial charge in [0.1, 0.15) is 0 Å². The van der Waals surface area contributed by atoms with Crippen molar-refractivity contribution in [3.8, 4) is 0 Å². The Bertz CT molecular complexity index is 562. The average Bonchev–Trinajstić information content (AvgIpc) is 3.18. The molecule has 0 unspecified atom stereocenters. The summed E-state index contributed by atoms with van der Waals surface area (Å²) in [5.74, 6) is -1.74. The fraction of sp³-hybridized carbons (Fsp3) is 0.400. The van der Waals surface area contributed by atoms with Crippen LogP contribution in [0.3, 0.4) is 0 Å². The molecule has 1 fully saturated rings. The van der Waals surface area contributed by atoms with Crippen molar-refractivity contribution >= 4 is 5.91 Å². The zero-order chi connectivity index (χ0) is 15.1. The molecule has 1 amide bonds. The van der Waals surface area contributed by atoms with Crippen LogP contribution in [0.1, 0.15) is 5.56 Å². The van der Waals surface area contributed by atoms with Gasteiger partial charge in [-0.3, -0.25) is 9.69 Å². The molecule has 0 saturated carbocycles. The number of carbonyl (C=O) groups excluding carboxylic acids is 1. The summed E-state index contributed by atoms with van der Waals surface area (Å²) in [6.45, 7) is 1.64. The fourth-order valence-electron chi connectivity index (χ4n) is 2.77. The lowest BCUT2D eigenvalue weighted by atomic mass is 10.1. The van der Waals surface area contributed by atoms with Crippen LogP contribution in [-0.4, -0.2) is 47.1 Å². The molecule has 0 bridgehead atoms. The van der Waals surface area contributed by atoms with Crippen LogP contribution in [0.2, 0.25) is 0 Å². The van der Waals surface area contributed by atoms with Crippen molar-refractivity contribution in [2.75, 3.05) is 19.6 Å². The monoisotopic (exact) mass is 296 g/mol. The van der Waals surface area contributed by atoms with Gasteiger partial charge < -0.3 is 4.90 Å². The van der Waals surface area contributed by atoms with Crippen molar-refractivity contribution in [3.63, 3.8) is 0 Å². The number of alkyl halides is 3. The van der Waals surface area contributed by atoms with Crippen LogP contribution >= 0.6 is 0 Å². The Balaban J connectivity index is 1.67. The van der Waals surface area contributed by atoms with Gasteiger partial charge in [-0.1, -0.05) is 42.5 Å². The Morgan fingerprint density at radius 1 is 1.14 bits per heavy atom. The summed E-state index contributed by atoms with van der Waals surface area (Å²) in [5, 5.41) is 0. The lowest BCUT2D eigenvalue weighted by Crippen LogP contribution is -2.60. The van der Waals surface area contributed by atoms with Gasteiger partial charge in [-0.05, 0) is 5.56 Å². The van der Waals surface area contributed by atoms with Crippen LogP contribution < -0.4 is 0 Å². The molecule has 1 aliphatic carbocycles. The molecule has 3 nitrogen and oxygen atoms in total. The number of rotatable bonds is 2. The van der Waals surface area contributed by atoms with Crippen molar-refractivity contribution in [2.45, 2.75) is 18.3 Å². The summed E-state index contributed by atoms with van der Waals surface area (Å²) in [4.78, 5) is 14.5. The minimum atomic E-state index is -4.81. The van der Waals surface area contributed by atoms with Gasteiger partial charge in [0, 0.05) is 26.2 Å². The standard InChI is InChI=1S/C15H15F3N2O/c16-15(17,18)13(21)20-9-8-19(11-14(20)6-7-14)10-12-4-2-1-3-5-12/h1-7H,8-11H2. The molecule has 1 saturated heterocycles. The summed E-state index contributed by atoms with van der Waals surface area (Å²) >= 11 is 0. The molecule has 1 heterocycles. The maximum Gasteiger partial charge on any atom is 0.471 e. The molecular formula is C15H15F3N2O. The number of piperazine rings is 1. The molecule has 0 N–H and O–H groups in total. The molecule has 6 heteroatoms. The summed E-state index contributed by atoms with van der Waals surface area (Å²) in [6.07, 6.45) is -1.46. The fourth-order valence-corrected chi connectivity index (χ4v) is 2.77. The maximum atomic E-state index is 12.6. The number of hydrogen-bond donors (Lipinski definition) is 0. The van der Waals surface area contributed by atoms with E-state index in [4.69, 9.17) is 0 Å². The quantitative estimate of drug-likeness (QED) is 0.781. The van der Waals surface area contributed by atoms with Gasteiger partial charge in [0.2, 0.25) is 0 Å². The van der Waals surface area contributed by atoms with Gasteiger partial charge in [0.25, 0.3) is 0 Å². The first kappa shape index (κ1) is 14.1. The smallest absolute Gasteiger partial charge is 0.320 e. The lowest BCUT2D eigenvalue weighted by Gasteiger charge is -2.42. The SMILES string of the molecule is O=C(N1CCN(Cc2ccccc2)CC12C=C2)C(F)(F)F. The van der Waals surface area contributed by atoms with E-state index in [-0.39, 0.29) is 6.54 Å². The molecule has 3 rings (SSSR count). The first-order valence-corrected chi connectivity index (χ1v) is 6.76. The van der Waals surface area contributed by atoms with Gasteiger partial charge in [-0.2, -0.15) is 13.2 Å². The molecule has 0 atom stereocenters. The maximum absolute atomic E-state index is 12.6. The van der Waals surface area contributed by atoms with Crippen LogP contribution in [0.15, 0.2) is 42.5 Å². The summed E-state index contributed by atoms with van der Waals surface area (Å²) in [7, 11) is 0. The highest BCUT2D eigenvalue weighted by molar-refractivity contribution is 5.84. The second-order valence-electron chi connectivity index (χ2n) is 5.48. The number of halogens is 3. The summed E-state index contributed by atoms with van der Waals surface area (Å²) in [5.41, 5.74) is 0.281. The Labute approximate surface area is 120 Å². The second kappa shape index (κ2) is 4.87. The molecule has 1 aliphatic heterocycles. The first-order chi connectivity index (χ1) is 9.91. The third kappa shape index (κ3) is 2.81. The molecule has 1 aromatic carbocycles. The zero-order valence-corrected chi connectivity index (χ0v) is 11.3. The van der Waals surface area contributed by atoms with Crippen LogP contribution in [0, 0.1) is 0 Å². The van der Waals surface area contributed by atoms with Crippen LogP contribution in [0.25, 0.3) is 0 Å². The molecule has 2 aliphatic rings. The molecule has 112 valence electrons. The van der Waals surface area contributed by atoms with Crippen LogP contribution in [-0.2, 0) is 11.3 Å². The highest BCUT2D eigenvalue weighted by Crippen LogP contribution is 2.38.